The fraction of sp³-hybridized carbons (Fsp3) is 0.250. The van der Waals surface area contributed by atoms with E-state index < -0.39 is 32.9 Å². The second kappa shape index (κ2) is 8.04. The van der Waals surface area contributed by atoms with Gasteiger partial charge < -0.3 is 15.0 Å². The Morgan fingerprint density at radius 1 is 1.14 bits per heavy atom. The van der Waals surface area contributed by atoms with Crippen LogP contribution in [0.25, 0.3) is 0 Å². The molecule has 0 spiro atoms. The molecule has 29 heavy (non-hydrogen) atoms. The number of hydrogen-bond acceptors (Lipinski definition) is 6. The fourth-order valence-corrected chi connectivity index (χ4v) is 4.60. The van der Waals surface area contributed by atoms with E-state index in [0.29, 0.717) is 11.3 Å². The molecule has 1 atom stereocenters. The summed E-state index contributed by atoms with van der Waals surface area (Å²) in [6, 6.07) is 12.2. The Morgan fingerprint density at radius 3 is 2.45 bits per heavy atom. The maximum atomic E-state index is 12.7. The van der Waals surface area contributed by atoms with E-state index in [9.17, 15) is 22.8 Å². The van der Waals surface area contributed by atoms with Crippen LogP contribution in [0.1, 0.15) is 23.7 Å². The standard InChI is InChI=1S/C20H20N2O6S/c1-13-11-19(24)22(16-5-3-4-6-17(16)29(13,26)27)12-18(23)21-15-9-7-14(8-10-15)20(25)28-2/h3-10,13H,11-12H2,1-2H3,(H,21,23)/t13-/m1/s1. The molecule has 0 unspecified atom stereocenters. The van der Waals surface area contributed by atoms with Crippen molar-refractivity contribution >= 4 is 39.0 Å². The van der Waals surface area contributed by atoms with Crippen molar-refractivity contribution in [2.75, 3.05) is 23.9 Å². The van der Waals surface area contributed by atoms with Gasteiger partial charge in [-0.1, -0.05) is 12.1 Å². The lowest BCUT2D eigenvalue weighted by molar-refractivity contribution is -0.121. The Balaban J connectivity index is 1.82. The molecule has 0 radical (unpaired) electrons. The number of sulfone groups is 1. The predicted octanol–water partition coefficient (Wildman–Crippen LogP) is 2.01. The van der Waals surface area contributed by atoms with Gasteiger partial charge in [-0.05, 0) is 43.3 Å². The first-order valence-electron chi connectivity index (χ1n) is 8.85. The van der Waals surface area contributed by atoms with Crippen molar-refractivity contribution in [1.29, 1.82) is 0 Å². The highest BCUT2D eigenvalue weighted by Gasteiger charge is 2.36. The lowest BCUT2D eigenvalue weighted by atomic mass is 10.2. The smallest absolute Gasteiger partial charge is 0.337 e. The Kier molecular flexibility index (Phi) is 5.69. The van der Waals surface area contributed by atoms with E-state index in [-0.39, 0.29) is 23.5 Å². The second-order valence-corrected chi connectivity index (χ2v) is 8.96. The highest BCUT2D eigenvalue weighted by atomic mass is 32.2. The van der Waals surface area contributed by atoms with Crippen LogP contribution in [0.2, 0.25) is 0 Å². The molecule has 0 saturated carbocycles. The Hall–Kier alpha value is -3.20. The SMILES string of the molecule is COC(=O)c1ccc(NC(=O)CN2C(=O)C[C@@H](C)S(=O)(=O)c3ccccc32)cc1. The molecule has 1 heterocycles. The number of amides is 2. The summed E-state index contributed by atoms with van der Waals surface area (Å²) in [7, 11) is -2.40. The molecule has 8 nitrogen and oxygen atoms in total. The van der Waals surface area contributed by atoms with Crippen LogP contribution in [0.4, 0.5) is 11.4 Å². The van der Waals surface area contributed by atoms with E-state index in [2.05, 4.69) is 10.1 Å². The third kappa shape index (κ3) is 4.14. The van der Waals surface area contributed by atoms with Gasteiger partial charge in [0.25, 0.3) is 0 Å². The first-order valence-corrected chi connectivity index (χ1v) is 10.4. The summed E-state index contributed by atoms with van der Waals surface area (Å²) >= 11 is 0. The molecular weight excluding hydrogens is 396 g/mol. The molecule has 0 fully saturated rings. The van der Waals surface area contributed by atoms with Crippen LogP contribution in [0.5, 0.6) is 0 Å². The molecule has 1 aliphatic rings. The van der Waals surface area contributed by atoms with Crippen molar-refractivity contribution in [3.8, 4) is 0 Å². The minimum absolute atomic E-state index is 0.0357. The van der Waals surface area contributed by atoms with Gasteiger partial charge >= 0.3 is 5.97 Å². The summed E-state index contributed by atoms with van der Waals surface area (Å²) < 4.78 is 30.0. The molecule has 0 aliphatic carbocycles. The molecule has 0 bridgehead atoms. The van der Waals surface area contributed by atoms with Crippen LogP contribution in [0, 0.1) is 0 Å². The van der Waals surface area contributed by atoms with Gasteiger partial charge in [0.1, 0.15) is 6.54 Å². The topological polar surface area (TPSA) is 110 Å². The van der Waals surface area contributed by atoms with Gasteiger partial charge in [0, 0.05) is 12.1 Å². The number of carbonyl (C=O) groups excluding carboxylic acids is 3. The highest BCUT2D eigenvalue weighted by Crippen LogP contribution is 2.33. The summed E-state index contributed by atoms with van der Waals surface area (Å²) in [5, 5.41) is 1.76. The van der Waals surface area contributed by atoms with Crippen LogP contribution in [0.3, 0.4) is 0 Å². The zero-order valence-corrected chi connectivity index (χ0v) is 16.7. The number of esters is 1. The van der Waals surface area contributed by atoms with Crippen LogP contribution in [-0.2, 0) is 24.2 Å². The number of fused-ring (bicyclic) bond motifs is 1. The number of hydrogen-bond donors (Lipinski definition) is 1. The van der Waals surface area contributed by atoms with Gasteiger partial charge in [-0.15, -0.1) is 0 Å². The minimum Gasteiger partial charge on any atom is -0.465 e. The third-order valence-electron chi connectivity index (χ3n) is 4.65. The quantitative estimate of drug-likeness (QED) is 0.764. The number of rotatable bonds is 4. The molecule has 3 rings (SSSR count). The van der Waals surface area contributed by atoms with Gasteiger partial charge in [-0.3, -0.25) is 9.59 Å². The van der Waals surface area contributed by atoms with Gasteiger partial charge in [-0.2, -0.15) is 0 Å². The number of para-hydroxylation sites is 1. The Bertz CT molecular complexity index is 1060. The largest absolute Gasteiger partial charge is 0.465 e. The second-order valence-electron chi connectivity index (χ2n) is 6.62. The summed E-state index contributed by atoms with van der Waals surface area (Å²) in [6.07, 6.45) is -0.210. The molecule has 0 saturated heterocycles. The van der Waals surface area contributed by atoms with Gasteiger partial charge in [0.2, 0.25) is 11.8 Å². The van der Waals surface area contributed by atoms with Crippen molar-refractivity contribution in [1.82, 2.24) is 0 Å². The normalized spacial score (nSPS) is 17.8. The van der Waals surface area contributed by atoms with E-state index >= 15 is 0 Å². The van der Waals surface area contributed by atoms with E-state index in [1.54, 1.807) is 12.1 Å². The predicted molar refractivity (Wildman–Crippen MR) is 106 cm³/mol. The van der Waals surface area contributed by atoms with E-state index in [4.69, 9.17) is 0 Å². The molecule has 0 aromatic heterocycles. The minimum atomic E-state index is -3.67. The molecule has 1 aliphatic heterocycles. The Morgan fingerprint density at radius 2 is 1.79 bits per heavy atom. The van der Waals surface area contributed by atoms with Crippen LogP contribution < -0.4 is 10.2 Å². The van der Waals surface area contributed by atoms with Crippen LogP contribution in [0.15, 0.2) is 53.4 Å². The molecule has 1 N–H and O–H groups in total. The van der Waals surface area contributed by atoms with Crippen molar-refractivity contribution in [3.63, 3.8) is 0 Å². The molecular formula is C20H20N2O6S. The lowest BCUT2D eigenvalue weighted by Gasteiger charge is -2.21. The van der Waals surface area contributed by atoms with Crippen LogP contribution in [-0.4, -0.2) is 45.1 Å². The maximum absolute atomic E-state index is 12.7. The highest BCUT2D eigenvalue weighted by molar-refractivity contribution is 7.92. The zero-order chi connectivity index (χ0) is 21.2. The number of methoxy groups -OCH3 is 1. The molecule has 2 aromatic carbocycles. The monoisotopic (exact) mass is 416 g/mol. The fourth-order valence-electron chi connectivity index (χ4n) is 3.06. The molecule has 2 aromatic rings. The number of nitrogens with one attached hydrogen (secondary N) is 1. The van der Waals surface area contributed by atoms with Gasteiger partial charge in [0.05, 0.1) is 28.5 Å². The molecule has 9 heteroatoms. The summed E-state index contributed by atoms with van der Waals surface area (Å²) in [6.45, 7) is 1.15. The van der Waals surface area contributed by atoms with Crippen LogP contribution >= 0.6 is 0 Å². The van der Waals surface area contributed by atoms with Crippen molar-refractivity contribution in [2.24, 2.45) is 0 Å². The number of anilines is 2. The number of benzene rings is 2. The van der Waals surface area contributed by atoms with E-state index in [1.165, 1.54) is 55.3 Å². The Labute approximate surface area is 168 Å². The number of ether oxygens (including phenoxy) is 1. The molecule has 152 valence electrons. The average molecular weight is 416 g/mol. The van der Waals surface area contributed by atoms with Gasteiger partial charge in [-0.25, -0.2) is 13.2 Å². The number of nitrogens with zero attached hydrogens (tertiary/aromatic N) is 1. The van der Waals surface area contributed by atoms with Crippen molar-refractivity contribution < 1.29 is 27.5 Å². The average Bonchev–Trinajstić information content (AvgIpc) is 2.77. The third-order valence-corrected chi connectivity index (χ3v) is 6.83. The zero-order valence-electron chi connectivity index (χ0n) is 15.9. The van der Waals surface area contributed by atoms with E-state index in [0.717, 1.165) is 0 Å². The first kappa shape index (κ1) is 20.5. The van der Waals surface area contributed by atoms with Crippen molar-refractivity contribution in [2.45, 2.75) is 23.5 Å². The maximum Gasteiger partial charge on any atom is 0.337 e. The summed E-state index contributed by atoms with van der Waals surface area (Å²) in [5.41, 5.74) is 0.957. The molecule has 2 amide bonds. The van der Waals surface area contributed by atoms with Gasteiger partial charge in [0.15, 0.2) is 9.84 Å². The van der Waals surface area contributed by atoms with Crippen molar-refractivity contribution in [3.05, 3.63) is 54.1 Å². The summed E-state index contributed by atoms with van der Waals surface area (Å²) in [4.78, 5) is 37.9. The lowest BCUT2D eigenvalue weighted by Crippen LogP contribution is -2.38. The van der Waals surface area contributed by atoms with E-state index in [1.807, 2.05) is 0 Å². The first-order chi connectivity index (χ1) is 13.7. The number of carbonyl (C=O) groups is 3. The summed E-state index contributed by atoms with van der Waals surface area (Å²) in [5.74, 6) is -1.43.